The standard InChI is InChI=1S/C40H65ClN4O4/c1-24(2)26(5)35(6)17-18-37(8)27-13-14-30-36(7)20-48-22-40(30,28(27)15-16-38(37,9)31(35)33(46)47)19-29(45-34(41)42-23-43-45)32(36)49-21-39(10,25(3)4)44(11)12/h15,23-27,29-32H,13-14,16-22H2,1-12H3,(H,46,47)/t26-,27+,29-,30+,31-,32+,35-,36?,37-,38+,39?,40+/m1/s1. The fourth-order valence-corrected chi connectivity index (χ4v) is 12.9. The second-order valence-corrected chi connectivity index (χ2v) is 19.6. The van der Waals surface area contributed by atoms with Gasteiger partial charge in [-0.2, -0.15) is 5.10 Å². The first-order chi connectivity index (χ1) is 22.7. The normalized spacial score (nSPS) is 43.8. The number of likely N-dealkylation sites (N-methyl/N-ethyl adjacent to an activating group) is 1. The average molecular weight is 701 g/mol. The molecule has 1 aromatic heterocycles. The summed E-state index contributed by atoms with van der Waals surface area (Å²) in [4.78, 5) is 20.1. The summed E-state index contributed by atoms with van der Waals surface area (Å²) >= 11 is 6.82. The van der Waals surface area contributed by atoms with Crippen LogP contribution < -0.4 is 0 Å². The van der Waals surface area contributed by atoms with Crippen molar-refractivity contribution < 1.29 is 19.4 Å². The van der Waals surface area contributed by atoms with Crippen LogP contribution in [0.3, 0.4) is 0 Å². The number of nitrogens with zero attached hydrogens (tertiary/aromatic N) is 4. The van der Waals surface area contributed by atoms with Gasteiger partial charge in [-0.1, -0.05) is 74.0 Å². The number of aliphatic carboxylic acids is 1. The number of carboxylic acids is 1. The summed E-state index contributed by atoms with van der Waals surface area (Å²) in [5.74, 6) is 0.784. The topological polar surface area (TPSA) is 89.7 Å². The van der Waals surface area contributed by atoms with E-state index in [1.165, 1.54) is 5.57 Å². The van der Waals surface area contributed by atoms with Crippen LogP contribution in [-0.2, 0) is 14.3 Å². The number of halogens is 1. The van der Waals surface area contributed by atoms with Gasteiger partial charge in [0.2, 0.25) is 5.28 Å². The third-order valence-electron chi connectivity index (χ3n) is 16.8. The zero-order valence-electron chi connectivity index (χ0n) is 32.5. The van der Waals surface area contributed by atoms with Gasteiger partial charge < -0.3 is 19.5 Å². The number of fused-ring (bicyclic) bond motifs is 3. The molecule has 6 rings (SSSR count). The minimum atomic E-state index is -0.620. The van der Waals surface area contributed by atoms with Gasteiger partial charge in [-0.05, 0) is 117 Å². The highest BCUT2D eigenvalue weighted by Gasteiger charge is 2.72. The highest BCUT2D eigenvalue weighted by Crippen LogP contribution is 2.75. The van der Waals surface area contributed by atoms with Crippen LogP contribution in [0.15, 0.2) is 18.0 Å². The number of carbonyl (C=O) groups is 1. The lowest BCUT2D eigenvalue weighted by molar-refractivity contribution is -0.255. The number of carboxylic acid groups (broad SMARTS) is 1. The van der Waals surface area contributed by atoms with Crippen molar-refractivity contribution in [3.8, 4) is 0 Å². The molecule has 8 nitrogen and oxygen atoms in total. The number of aromatic nitrogens is 3. The first-order valence-electron chi connectivity index (χ1n) is 19.1. The molecule has 0 spiro atoms. The maximum Gasteiger partial charge on any atom is 0.307 e. The molecule has 3 saturated carbocycles. The number of allylic oxidation sites excluding steroid dienone is 1. The number of hydrogen-bond acceptors (Lipinski definition) is 6. The summed E-state index contributed by atoms with van der Waals surface area (Å²) in [6.45, 7) is 25.0. The molecule has 2 heterocycles. The Bertz CT molecular complexity index is 1450. The van der Waals surface area contributed by atoms with Crippen LogP contribution in [-0.4, -0.2) is 76.3 Å². The van der Waals surface area contributed by atoms with Gasteiger partial charge in [0.05, 0.1) is 37.9 Å². The molecular weight excluding hydrogens is 636 g/mol. The van der Waals surface area contributed by atoms with Crippen LogP contribution in [0.5, 0.6) is 0 Å². The quantitative estimate of drug-likeness (QED) is 0.259. The van der Waals surface area contributed by atoms with Crippen molar-refractivity contribution in [2.45, 2.75) is 125 Å². The summed E-state index contributed by atoms with van der Waals surface area (Å²) in [6.07, 6.45) is 9.66. The van der Waals surface area contributed by atoms with E-state index in [-0.39, 0.29) is 44.8 Å². The molecule has 0 amide bonds. The molecule has 49 heavy (non-hydrogen) atoms. The Balaban J connectivity index is 1.45. The molecule has 1 aliphatic heterocycles. The fourth-order valence-electron chi connectivity index (χ4n) is 12.7. The Morgan fingerprint density at radius 3 is 2.39 bits per heavy atom. The van der Waals surface area contributed by atoms with Crippen LogP contribution in [0.2, 0.25) is 5.28 Å². The van der Waals surface area contributed by atoms with Gasteiger partial charge in [0, 0.05) is 16.4 Å². The maximum atomic E-state index is 13.5. The van der Waals surface area contributed by atoms with Crippen LogP contribution in [0.25, 0.3) is 0 Å². The Morgan fingerprint density at radius 1 is 1.12 bits per heavy atom. The third-order valence-corrected chi connectivity index (χ3v) is 17.0. The van der Waals surface area contributed by atoms with Crippen molar-refractivity contribution in [2.24, 2.45) is 62.6 Å². The van der Waals surface area contributed by atoms with Gasteiger partial charge in [-0.15, -0.1) is 0 Å². The van der Waals surface area contributed by atoms with E-state index >= 15 is 0 Å². The molecule has 4 aliphatic carbocycles. The van der Waals surface area contributed by atoms with Crippen molar-refractivity contribution in [1.29, 1.82) is 0 Å². The second-order valence-electron chi connectivity index (χ2n) is 19.2. The van der Waals surface area contributed by atoms with Crippen LogP contribution in [0.1, 0.15) is 114 Å². The summed E-state index contributed by atoms with van der Waals surface area (Å²) in [5.41, 5.74) is 0.144. The highest BCUT2D eigenvalue weighted by molar-refractivity contribution is 6.28. The molecule has 2 unspecified atom stereocenters. The Morgan fingerprint density at radius 2 is 1.82 bits per heavy atom. The van der Waals surface area contributed by atoms with E-state index in [2.05, 4.69) is 99.3 Å². The predicted molar refractivity (Wildman–Crippen MR) is 194 cm³/mol. The maximum absolute atomic E-state index is 13.5. The zero-order valence-corrected chi connectivity index (χ0v) is 33.2. The Kier molecular flexibility index (Phi) is 9.36. The molecule has 1 saturated heterocycles. The number of hydrogen-bond donors (Lipinski definition) is 1. The minimum absolute atomic E-state index is 0.104. The fraction of sp³-hybridized carbons (Fsp3) is 0.875. The largest absolute Gasteiger partial charge is 0.481 e. The highest BCUT2D eigenvalue weighted by atomic mass is 35.5. The molecule has 2 bridgehead atoms. The molecule has 4 fully saturated rings. The van der Waals surface area contributed by atoms with E-state index in [1.54, 1.807) is 6.33 Å². The molecule has 1 N–H and O–H groups in total. The predicted octanol–water partition coefficient (Wildman–Crippen LogP) is 8.42. The Hall–Kier alpha value is -1.48. The number of ether oxygens (including phenoxy) is 2. The molecule has 0 aromatic carbocycles. The van der Waals surface area contributed by atoms with Gasteiger partial charge in [-0.25, -0.2) is 9.67 Å². The van der Waals surface area contributed by atoms with E-state index in [0.29, 0.717) is 54.7 Å². The van der Waals surface area contributed by atoms with Gasteiger partial charge in [0.1, 0.15) is 6.33 Å². The zero-order chi connectivity index (χ0) is 36.1. The average Bonchev–Trinajstić information content (AvgIpc) is 3.45. The molecule has 276 valence electrons. The first kappa shape index (κ1) is 37.3. The van der Waals surface area contributed by atoms with E-state index in [1.807, 2.05) is 4.68 Å². The Labute approximate surface area is 301 Å². The van der Waals surface area contributed by atoms with Gasteiger partial charge in [-0.3, -0.25) is 4.79 Å². The van der Waals surface area contributed by atoms with Crippen molar-refractivity contribution in [3.05, 3.63) is 23.3 Å². The summed E-state index contributed by atoms with van der Waals surface area (Å²) < 4.78 is 15.9. The van der Waals surface area contributed by atoms with Crippen molar-refractivity contribution in [1.82, 2.24) is 19.7 Å². The van der Waals surface area contributed by atoms with Gasteiger partial charge in [0.15, 0.2) is 0 Å². The summed E-state index contributed by atoms with van der Waals surface area (Å²) in [5, 5.41) is 16.2. The molecule has 0 radical (unpaired) electrons. The first-order valence-corrected chi connectivity index (χ1v) is 19.5. The van der Waals surface area contributed by atoms with E-state index < -0.39 is 11.9 Å². The van der Waals surface area contributed by atoms with Gasteiger partial charge >= 0.3 is 5.97 Å². The van der Waals surface area contributed by atoms with Crippen LogP contribution in [0, 0.1) is 62.6 Å². The SMILES string of the molecule is CC(C)[C@@H](C)[C@@]1(C)CC[C@]2(C)[C@H]3CC[C@H]4C5(C)COC[C@@]4(C[C@@H](n4ncnc4Cl)[C@@H]5OCC(C)(C(C)C)N(C)C)C3=CC[C@@]2(C)[C@@H]1C(=O)O. The summed E-state index contributed by atoms with van der Waals surface area (Å²) in [7, 11) is 4.29. The van der Waals surface area contributed by atoms with Crippen molar-refractivity contribution >= 4 is 17.6 Å². The van der Waals surface area contributed by atoms with Crippen LogP contribution in [0.4, 0.5) is 0 Å². The van der Waals surface area contributed by atoms with E-state index in [0.717, 1.165) is 38.5 Å². The lowest BCUT2D eigenvalue weighted by atomic mass is 9.34. The smallest absolute Gasteiger partial charge is 0.307 e. The van der Waals surface area contributed by atoms with E-state index in [9.17, 15) is 9.90 Å². The molecule has 12 atom stereocenters. The lowest BCUT2D eigenvalue weighted by Gasteiger charge is -2.71. The molecule has 9 heteroatoms. The van der Waals surface area contributed by atoms with Gasteiger partial charge in [0.25, 0.3) is 0 Å². The molecule has 1 aromatic rings. The van der Waals surface area contributed by atoms with Crippen LogP contribution >= 0.6 is 11.6 Å². The summed E-state index contributed by atoms with van der Waals surface area (Å²) in [6, 6.07) is -0.104. The van der Waals surface area contributed by atoms with Crippen molar-refractivity contribution in [3.63, 3.8) is 0 Å². The molecular formula is C40H65ClN4O4. The van der Waals surface area contributed by atoms with E-state index in [4.69, 9.17) is 26.2 Å². The third kappa shape index (κ3) is 5.10. The lowest BCUT2D eigenvalue weighted by Crippen LogP contribution is -2.69. The second kappa shape index (κ2) is 12.3. The number of rotatable bonds is 9. The van der Waals surface area contributed by atoms with Crippen molar-refractivity contribution in [2.75, 3.05) is 33.9 Å². The minimum Gasteiger partial charge on any atom is -0.481 e. The monoisotopic (exact) mass is 700 g/mol. The molecule has 5 aliphatic rings.